The van der Waals surface area contributed by atoms with Crippen LogP contribution in [-0.2, 0) is 0 Å². The third-order valence-electron chi connectivity index (χ3n) is 3.07. The van der Waals surface area contributed by atoms with E-state index in [0.717, 1.165) is 17.7 Å². The van der Waals surface area contributed by atoms with Gasteiger partial charge >= 0.3 is 0 Å². The monoisotopic (exact) mass is 248 g/mol. The summed E-state index contributed by atoms with van der Waals surface area (Å²) in [5, 5.41) is 8.99. The molecule has 0 heterocycles. The van der Waals surface area contributed by atoms with E-state index in [1.807, 2.05) is 13.0 Å². The van der Waals surface area contributed by atoms with Gasteiger partial charge in [-0.3, -0.25) is 0 Å². The van der Waals surface area contributed by atoms with Crippen LogP contribution < -0.4 is 4.74 Å². The van der Waals surface area contributed by atoms with Crippen molar-refractivity contribution in [1.29, 1.82) is 0 Å². The highest BCUT2D eigenvalue weighted by Gasteiger charge is 2.04. The molecule has 1 rings (SSSR count). The Balaban J connectivity index is 2.87. The predicted molar refractivity (Wildman–Crippen MR) is 77.0 cm³/mol. The van der Waals surface area contributed by atoms with E-state index < -0.39 is 0 Å². The molecule has 2 heteroatoms. The second kappa shape index (κ2) is 7.22. The molecule has 0 aliphatic carbocycles. The smallest absolute Gasteiger partial charge is 0.126 e. The van der Waals surface area contributed by atoms with E-state index in [1.165, 1.54) is 5.56 Å². The summed E-state index contributed by atoms with van der Waals surface area (Å²) in [7, 11) is 1.69. The van der Waals surface area contributed by atoms with E-state index in [2.05, 4.69) is 38.1 Å². The Labute approximate surface area is 110 Å². The van der Waals surface area contributed by atoms with Gasteiger partial charge in [-0.05, 0) is 36.0 Å². The third kappa shape index (κ3) is 4.19. The minimum Gasteiger partial charge on any atom is -0.496 e. The molecule has 0 unspecified atom stereocenters. The maximum atomic E-state index is 8.99. The minimum absolute atomic E-state index is 0.230. The van der Waals surface area contributed by atoms with Crippen LogP contribution in [0, 0.1) is 5.92 Å². The molecule has 18 heavy (non-hydrogen) atoms. The molecule has 0 saturated heterocycles. The first-order chi connectivity index (χ1) is 8.58. The van der Waals surface area contributed by atoms with E-state index in [1.54, 1.807) is 7.11 Å². The van der Waals surface area contributed by atoms with E-state index in [4.69, 9.17) is 9.84 Å². The lowest BCUT2D eigenvalue weighted by atomic mass is 9.99. The van der Waals surface area contributed by atoms with Crippen LogP contribution >= 0.6 is 0 Å². The molecule has 1 aromatic rings. The fourth-order valence-corrected chi connectivity index (χ4v) is 1.74. The van der Waals surface area contributed by atoms with Gasteiger partial charge in [-0.25, -0.2) is 0 Å². The number of ether oxygens (including phenoxy) is 1. The molecular weight excluding hydrogens is 224 g/mol. The van der Waals surface area contributed by atoms with Crippen LogP contribution in [-0.4, -0.2) is 18.8 Å². The van der Waals surface area contributed by atoms with Crippen LogP contribution in [0.1, 0.15) is 44.2 Å². The molecule has 0 aromatic heterocycles. The standard InChI is InChI=1S/C16H24O2/c1-12(2)14-8-9-16(18-4)15(10-14)7-5-6-13(3)11-17/h5,7-10,12-13,17H,6,11H2,1-4H3/t13-/m0/s1. The van der Waals surface area contributed by atoms with Gasteiger partial charge in [0.2, 0.25) is 0 Å². The fourth-order valence-electron chi connectivity index (χ4n) is 1.74. The summed E-state index contributed by atoms with van der Waals surface area (Å²) in [6.07, 6.45) is 5.06. The molecule has 1 atom stereocenters. The number of aliphatic hydroxyl groups is 1. The van der Waals surface area contributed by atoms with Gasteiger partial charge in [0, 0.05) is 12.2 Å². The third-order valence-corrected chi connectivity index (χ3v) is 3.07. The highest BCUT2D eigenvalue weighted by Crippen LogP contribution is 2.25. The highest BCUT2D eigenvalue weighted by molar-refractivity contribution is 5.58. The van der Waals surface area contributed by atoms with Gasteiger partial charge in [0.1, 0.15) is 5.75 Å². The lowest BCUT2D eigenvalue weighted by molar-refractivity contribution is 0.239. The molecule has 0 aliphatic rings. The van der Waals surface area contributed by atoms with Crippen molar-refractivity contribution in [2.24, 2.45) is 5.92 Å². The zero-order valence-electron chi connectivity index (χ0n) is 11.8. The van der Waals surface area contributed by atoms with Crippen molar-refractivity contribution in [3.8, 4) is 5.75 Å². The molecular formula is C16H24O2. The summed E-state index contributed by atoms with van der Waals surface area (Å²) in [6.45, 7) is 6.63. The molecule has 0 saturated carbocycles. The Bertz CT molecular complexity index is 394. The van der Waals surface area contributed by atoms with Crippen LogP contribution in [0.5, 0.6) is 5.75 Å². The summed E-state index contributed by atoms with van der Waals surface area (Å²) in [4.78, 5) is 0. The van der Waals surface area contributed by atoms with Crippen molar-refractivity contribution in [2.45, 2.75) is 33.1 Å². The number of rotatable bonds is 6. The molecule has 0 radical (unpaired) electrons. The van der Waals surface area contributed by atoms with Crippen LogP contribution in [0.3, 0.4) is 0 Å². The van der Waals surface area contributed by atoms with Gasteiger partial charge in [-0.15, -0.1) is 0 Å². The molecule has 100 valence electrons. The molecule has 1 aromatic carbocycles. The number of aliphatic hydroxyl groups excluding tert-OH is 1. The zero-order valence-corrected chi connectivity index (χ0v) is 11.8. The van der Waals surface area contributed by atoms with Crippen molar-refractivity contribution >= 4 is 6.08 Å². The van der Waals surface area contributed by atoms with Crippen molar-refractivity contribution < 1.29 is 9.84 Å². The second-order valence-electron chi connectivity index (χ2n) is 5.08. The minimum atomic E-state index is 0.230. The van der Waals surface area contributed by atoms with Crippen molar-refractivity contribution in [3.05, 3.63) is 35.4 Å². The van der Waals surface area contributed by atoms with E-state index in [0.29, 0.717) is 11.8 Å². The molecule has 0 amide bonds. The molecule has 2 nitrogen and oxygen atoms in total. The first kappa shape index (κ1) is 14.8. The summed E-state index contributed by atoms with van der Waals surface area (Å²) < 4.78 is 5.36. The quantitative estimate of drug-likeness (QED) is 0.828. The largest absolute Gasteiger partial charge is 0.496 e. The number of methoxy groups -OCH3 is 1. The molecule has 0 aliphatic heterocycles. The Hall–Kier alpha value is -1.28. The van der Waals surface area contributed by atoms with E-state index in [-0.39, 0.29) is 6.61 Å². The van der Waals surface area contributed by atoms with Crippen LogP contribution in [0.4, 0.5) is 0 Å². The Kier molecular flexibility index (Phi) is 5.93. The van der Waals surface area contributed by atoms with Crippen molar-refractivity contribution in [1.82, 2.24) is 0 Å². The lowest BCUT2D eigenvalue weighted by Gasteiger charge is -2.10. The molecule has 1 N–H and O–H groups in total. The Morgan fingerprint density at radius 1 is 1.28 bits per heavy atom. The Morgan fingerprint density at radius 3 is 2.56 bits per heavy atom. The van der Waals surface area contributed by atoms with Gasteiger partial charge in [0.15, 0.2) is 0 Å². The van der Waals surface area contributed by atoms with Gasteiger partial charge in [0.25, 0.3) is 0 Å². The molecule has 0 fully saturated rings. The van der Waals surface area contributed by atoms with Gasteiger partial charge in [0.05, 0.1) is 7.11 Å². The second-order valence-corrected chi connectivity index (χ2v) is 5.08. The number of allylic oxidation sites excluding steroid dienone is 1. The summed E-state index contributed by atoms with van der Waals surface area (Å²) in [5.41, 5.74) is 2.42. The molecule has 0 spiro atoms. The predicted octanol–water partition coefficient (Wildman–Crippen LogP) is 3.85. The number of hydrogen-bond donors (Lipinski definition) is 1. The fraction of sp³-hybridized carbons (Fsp3) is 0.500. The normalized spacial score (nSPS) is 13.2. The number of benzene rings is 1. The van der Waals surface area contributed by atoms with Crippen LogP contribution in [0.25, 0.3) is 6.08 Å². The SMILES string of the molecule is COc1ccc(C(C)C)cc1C=CC[C@H](C)CO. The Morgan fingerprint density at radius 2 is 2.00 bits per heavy atom. The van der Waals surface area contributed by atoms with Crippen LogP contribution in [0.15, 0.2) is 24.3 Å². The van der Waals surface area contributed by atoms with Crippen molar-refractivity contribution in [3.63, 3.8) is 0 Å². The maximum Gasteiger partial charge on any atom is 0.126 e. The number of hydrogen-bond acceptors (Lipinski definition) is 2. The summed E-state index contributed by atoms with van der Waals surface area (Å²) in [5.74, 6) is 1.72. The average Bonchev–Trinajstić information content (AvgIpc) is 2.38. The molecule has 0 bridgehead atoms. The lowest BCUT2D eigenvalue weighted by Crippen LogP contribution is -1.97. The first-order valence-electron chi connectivity index (χ1n) is 6.53. The summed E-state index contributed by atoms with van der Waals surface area (Å²) >= 11 is 0. The van der Waals surface area contributed by atoms with Crippen LogP contribution in [0.2, 0.25) is 0 Å². The average molecular weight is 248 g/mol. The maximum absolute atomic E-state index is 8.99. The zero-order chi connectivity index (χ0) is 13.5. The van der Waals surface area contributed by atoms with E-state index >= 15 is 0 Å². The van der Waals surface area contributed by atoms with E-state index in [9.17, 15) is 0 Å². The van der Waals surface area contributed by atoms with Crippen molar-refractivity contribution in [2.75, 3.05) is 13.7 Å². The topological polar surface area (TPSA) is 29.5 Å². The summed E-state index contributed by atoms with van der Waals surface area (Å²) in [6, 6.07) is 6.30. The van der Waals surface area contributed by atoms with Gasteiger partial charge in [-0.1, -0.05) is 39.0 Å². The van der Waals surface area contributed by atoms with Gasteiger partial charge in [-0.2, -0.15) is 0 Å². The van der Waals surface area contributed by atoms with Gasteiger partial charge < -0.3 is 9.84 Å². The first-order valence-corrected chi connectivity index (χ1v) is 6.53. The highest BCUT2D eigenvalue weighted by atomic mass is 16.5.